The van der Waals surface area contributed by atoms with Gasteiger partial charge < -0.3 is 15.1 Å². The molecule has 0 atom stereocenters. The molecule has 0 unspecified atom stereocenters. The minimum absolute atomic E-state index is 0.0120. The van der Waals surface area contributed by atoms with Crippen LogP contribution in [0, 0.1) is 5.92 Å². The first-order valence-electron chi connectivity index (χ1n) is 9.59. The van der Waals surface area contributed by atoms with Crippen molar-refractivity contribution in [2.24, 2.45) is 5.92 Å². The van der Waals surface area contributed by atoms with Crippen molar-refractivity contribution in [3.63, 3.8) is 0 Å². The first-order chi connectivity index (χ1) is 13.9. The van der Waals surface area contributed by atoms with Gasteiger partial charge in [-0.15, -0.1) is 0 Å². The van der Waals surface area contributed by atoms with Crippen LogP contribution in [0.1, 0.15) is 36.8 Å². The third kappa shape index (κ3) is 5.17. The summed E-state index contributed by atoms with van der Waals surface area (Å²) in [6.45, 7) is 2.00. The minimum atomic E-state index is -4.98. The number of nitrogens with zero attached hydrogens (tertiary/aromatic N) is 2. The maximum Gasteiger partial charge on any atom is 0.416 e. The Morgan fingerprint density at radius 2 is 1.27 bits per heavy atom. The molecule has 0 spiro atoms. The second-order valence-corrected chi connectivity index (χ2v) is 7.52. The summed E-state index contributed by atoms with van der Waals surface area (Å²) in [5.74, 6) is -1.26. The molecule has 30 heavy (non-hydrogen) atoms. The lowest BCUT2D eigenvalue weighted by atomic mass is 9.95. The number of benzene rings is 1. The molecule has 2 aliphatic rings. The zero-order valence-corrected chi connectivity index (χ0v) is 15.9. The highest BCUT2D eigenvalue weighted by atomic mass is 19.4. The molecule has 3 amide bonds. The van der Waals surface area contributed by atoms with Gasteiger partial charge in [0.15, 0.2) is 0 Å². The summed E-state index contributed by atoms with van der Waals surface area (Å²) in [6.07, 6.45) is -7.50. The van der Waals surface area contributed by atoms with E-state index < -0.39 is 41.0 Å². The van der Waals surface area contributed by atoms with Crippen LogP contribution in [-0.4, -0.2) is 47.9 Å². The van der Waals surface area contributed by atoms with Crippen LogP contribution in [0.2, 0.25) is 0 Å². The summed E-state index contributed by atoms with van der Waals surface area (Å²) in [6, 6.07) is 0.884. The Kier molecular flexibility index (Phi) is 6.19. The Morgan fingerprint density at radius 3 is 1.73 bits per heavy atom. The second kappa shape index (κ2) is 8.35. The van der Waals surface area contributed by atoms with E-state index in [0.717, 1.165) is 12.8 Å². The number of hydrogen-bond acceptors (Lipinski definition) is 2. The third-order valence-corrected chi connectivity index (χ3v) is 5.37. The van der Waals surface area contributed by atoms with Crippen LogP contribution in [0.3, 0.4) is 0 Å². The van der Waals surface area contributed by atoms with E-state index in [-0.39, 0.29) is 24.9 Å². The number of urea groups is 1. The van der Waals surface area contributed by atoms with Gasteiger partial charge in [0.2, 0.25) is 5.91 Å². The molecule has 1 N–H and O–H groups in total. The van der Waals surface area contributed by atoms with E-state index in [1.165, 1.54) is 0 Å². The quantitative estimate of drug-likeness (QED) is 0.689. The lowest BCUT2D eigenvalue weighted by molar-refractivity contribution is -0.143. The fourth-order valence-electron chi connectivity index (χ4n) is 3.71. The molecule has 2 fully saturated rings. The van der Waals surface area contributed by atoms with Crippen LogP contribution in [-0.2, 0) is 17.1 Å². The van der Waals surface area contributed by atoms with E-state index >= 15 is 0 Å². The molecule has 2 saturated heterocycles. The first kappa shape index (κ1) is 22.2. The Balaban J connectivity index is 1.65. The van der Waals surface area contributed by atoms with Crippen molar-refractivity contribution in [3.8, 4) is 0 Å². The summed E-state index contributed by atoms with van der Waals surface area (Å²) in [5.41, 5.74) is -3.53. The molecular weight excluding hydrogens is 416 g/mol. The van der Waals surface area contributed by atoms with Crippen molar-refractivity contribution in [1.29, 1.82) is 0 Å². The monoisotopic (exact) mass is 437 g/mol. The fraction of sp³-hybridized carbons (Fsp3) is 0.579. The standard InChI is InChI=1S/C19H21F6N3O2/c20-18(21,22)13-9-14(19(23,24)25)11-15(10-13)26-16(29)12-3-7-28(8-4-12)17(30)27-5-1-2-6-27/h9-12H,1-8H2,(H,26,29). The molecule has 1 aromatic carbocycles. The van der Waals surface area contributed by atoms with E-state index in [2.05, 4.69) is 5.32 Å². The van der Waals surface area contributed by atoms with Crippen molar-refractivity contribution in [3.05, 3.63) is 29.3 Å². The molecule has 2 aliphatic heterocycles. The lowest BCUT2D eigenvalue weighted by Gasteiger charge is -2.34. The fourth-order valence-corrected chi connectivity index (χ4v) is 3.71. The van der Waals surface area contributed by atoms with Crippen LogP contribution < -0.4 is 5.32 Å². The zero-order chi connectivity index (χ0) is 22.1. The smallest absolute Gasteiger partial charge is 0.326 e. The summed E-state index contributed by atoms with van der Waals surface area (Å²) in [4.78, 5) is 28.2. The number of alkyl halides is 6. The number of amides is 3. The molecule has 1 aromatic rings. The third-order valence-electron chi connectivity index (χ3n) is 5.37. The molecule has 5 nitrogen and oxygen atoms in total. The van der Waals surface area contributed by atoms with Gasteiger partial charge in [-0.2, -0.15) is 26.3 Å². The van der Waals surface area contributed by atoms with Gasteiger partial charge in [0, 0.05) is 37.8 Å². The predicted molar refractivity (Wildman–Crippen MR) is 95.6 cm³/mol. The van der Waals surface area contributed by atoms with Crippen molar-refractivity contribution < 1.29 is 35.9 Å². The zero-order valence-electron chi connectivity index (χ0n) is 15.9. The number of carbonyl (C=O) groups excluding carboxylic acids is 2. The normalized spacial score (nSPS) is 18.6. The summed E-state index contributed by atoms with van der Waals surface area (Å²) in [5, 5.41) is 2.18. The van der Waals surface area contributed by atoms with Crippen molar-refractivity contribution in [1.82, 2.24) is 9.80 Å². The molecule has 0 radical (unpaired) electrons. The van der Waals surface area contributed by atoms with Gasteiger partial charge in [0.05, 0.1) is 11.1 Å². The van der Waals surface area contributed by atoms with Crippen molar-refractivity contribution in [2.75, 3.05) is 31.5 Å². The van der Waals surface area contributed by atoms with Crippen molar-refractivity contribution in [2.45, 2.75) is 38.0 Å². The van der Waals surface area contributed by atoms with Gasteiger partial charge in [-0.1, -0.05) is 0 Å². The molecular formula is C19H21F6N3O2. The van der Waals surface area contributed by atoms with Crippen molar-refractivity contribution >= 4 is 17.6 Å². The molecule has 0 aliphatic carbocycles. The highest BCUT2D eigenvalue weighted by Crippen LogP contribution is 2.37. The Morgan fingerprint density at radius 1 is 0.800 bits per heavy atom. The highest BCUT2D eigenvalue weighted by molar-refractivity contribution is 5.93. The van der Waals surface area contributed by atoms with Crippen LogP contribution >= 0.6 is 0 Å². The molecule has 0 aromatic heterocycles. The molecule has 2 heterocycles. The number of hydrogen-bond donors (Lipinski definition) is 1. The Labute approximate surface area is 169 Å². The number of anilines is 1. The van der Waals surface area contributed by atoms with E-state index in [0.29, 0.717) is 38.3 Å². The van der Waals surface area contributed by atoms with Crippen LogP contribution in [0.25, 0.3) is 0 Å². The van der Waals surface area contributed by atoms with Crippen LogP contribution in [0.15, 0.2) is 18.2 Å². The molecule has 3 rings (SSSR count). The van der Waals surface area contributed by atoms with Crippen LogP contribution in [0.5, 0.6) is 0 Å². The largest absolute Gasteiger partial charge is 0.416 e. The minimum Gasteiger partial charge on any atom is -0.326 e. The maximum absolute atomic E-state index is 13.0. The van der Waals surface area contributed by atoms with E-state index in [1.807, 2.05) is 0 Å². The number of halogens is 6. The number of nitrogens with one attached hydrogen (secondary N) is 1. The molecule has 0 bridgehead atoms. The topological polar surface area (TPSA) is 52.7 Å². The maximum atomic E-state index is 13.0. The van der Waals surface area contributed by atoms with E-state index in [4.69, 9.17) is 0 Å². The molecule has 11 heteroatoms. The summed E-state index contributed by atoms with van der Waals surface area (Å²) >= 11 is 0. The van der Waals surface area contributed by atoms with Gasteiger partial charge >= 0.3 is 18.4 Å². The van der Waals surface area contributed by atoms with Gasteiger partial charge in [-0.25, -0.2) is 4.79 Å². The molecule has 0 saturated carbocycles. The van der Waals surface area contributed by atoms with Gasteiger partial charge in [-0.3, -0.25) is 4.79 Å². The average molecular weight is 437 g/mol. The van der Waals surface area contributed by atoms with Gasteiger partial charge in [0.1, 0.15) is 0 Å². The second-order valence-electron chi connectivity index (χ2n) is 7.52. The Hall–Kier alpha value is -2.46. The van der Waals surface area contributed by atoms with E-state index in [1.54, 1.807) is 9.80 Å². The van der Waals surface area contributed by atoms with E-state index in [9.17, 15) is 35.9 Å². The SMILES string of the molecule is O=C(Nc1cc(C(F)(F)F)cc(C(F)(F)F)c1)C1CCN(C(=O)N2CCCC2)CC1. The Bertz CT molecular complexity index is 762. The lowest BCUT2D eigenvalue weighted by Crippen LogP contribution is -2.47. The van der Waals surface area contributed by atoms with Crippen LogP contribution in [0.4, 0.5) is 36.8 Å². The molecule has 166 valence electrons. The number of carbonyl (C=O) groups is 2. The predicted octanol–water partition coefficient (Wildman–Crippen LogP) is 4.59. The highest BCUT2D eigenvalue weighted by Gasteiger charge is 2.37. The average Bonchev–Trinajstić information content (AvgIpc) is 3.20. The van der Waals surface area contributed by atoms with Gasteiger partial charge in [-0.05, 0) is 43.9 Å². The number of rotatable bonds is 2. The summed E-state index contributed by atoms with van der Waals surface area (Å²) in [7, 11) is 0. The summed E-state index contributed by atoms with van der Waals surface area (Å²) < 4.78 is 77.7. The van der Waals surface area contributed by atoms with Gasteiger partial charge in [0.25, 0.3) is 0 Å². The number of likely N-dealkylation sites (tertiary alicyclic amines) is 2. The number of piperidine rings is 1. The first-order valence-corrected chi connectivity index (χ1v) is 9.59.